The SMILES string of the molecule is CCc1ccc(CN)cc1S(=O)(=O)N1CCSC(C)C1C. The number of rotatable bonds is 4. The lowest BCUT2D eigenvalue weighted by atomic mass is 10.1. The van der Waals surface area contributed by atoms with Crippen LogP contribution in [0.5, 0.6) is 0 Å². The molecule has 2 unspecified atom stereocenters. The molecule has 0 spiro atoms. The summed E-state index contributed by atoms with van der Waals surface area (Å²) in [6, 6.07) is 5.56. The molecule has 0 amide bonds. The molecule has 1 aliphatic heterocycles. The Morgan fingerprint density at radius 1 is 1.38 bits per heavy atom. The third-order valence-electron chi connectivity index (χ3n) is 4.16. The van der Waals surface area contributed by atoms with Crippen molar-refractivity contribution in [2.75, 3.05) is 12.3 Å². The molecular weight excluding hydrogens is 304 g/mol. The van der Waals surface area contributed by atoms with Crippen LogP contribution in [0, 0.1) is 0 Å². The lowest BCUT2D eigenvalue weighted by Crippen LogP contribution is -2.48. The maximum absolute atomic E-state index is 13.1. The first-order valence-corrected chi connectivity index (χ1v) is 9.86. The molecule has 4 nitrogen and oxygen atoms in total. The molecule has 0 aromatic heterocycles. The normalized spacial score (nSPS) is 24.2. The van der Waals surface area contributed by atoms with E-state index in [0.29, 0.717) is 29.7 Å². The lowest BCUT2D eigenvalue weighted by molar-refractivity contribution is 0.340. The van der Waals surface area contributed by atoms with Crippen molar-refractivity contribution in [2.24, 2.45) is 5.73 Å². The zero-order chi connectivity index (χ0) is 15.6. The monoisotopic (exact) mass is 328 g/mol. The Balaban J connectivity index is 2.47. The maximum Gasteiger partial charge on any atom is 0.243 e. The Kier molecular flexibility index (Phi) is 5.35. The van der Waals surface area contributed by atoms with Crippen LogP contribution >= 0.6 is 11.8 Å². The van der Waals surface area contributed by atoms with Gasteiger partial charge in [-0.25, -0.2) is 8.42 Å². The molecule has 6 heteroatoms. The van der Waals surface area contributed by atoms with E-state index in [1.807, 2.05) is 37.7 Å². The van der Waals surface area contributed by atoms with Crippen LogP contribution in [0.2, 0.25) is 0 Å². The van der Waals surface area contributed by atoms with E-state index in [2.05, 4.69) is 6.92 Å². The Morgan fingerprint density at radius 3 is 2.71 bits per heavy atom. The Labute approximate surface area is 132 Å². The van der Waals surface area contributed by atoms with Gasteiger partial charge in [0.2, 0.25) is 10.0 Å². The van der Waals surface area contributed by atoms with Gasteiger partial charge in [0.1, 0.15) is 0 Å². The van der Waals surface area contributed by atoms with E-state index in [0.717, 1.165) is 16.9 Å². The van der Waals surface area contributed by atoms with Gasteiger partial charge in [-0.2, -0.15) is 16.1 Å². The highest BCUT2D eigenvalue weighted by molar-refractivity contribution is 8.00. The average Bonchev–Trinajstić information content (AvgIpc) is 2.49. The van der Waals surface area contributed by atoms with Crippen LogP contribution in [-0.2, 0) is 23.0 Å². The van der Waals surface area contributed by atoms with E-state index in [9.17, 15) is 8.42 Å². The number of hydrogen-bond acceptors (Lipinski definition) is 4. The Bertz CT molecular complexity index is 602. The molecule has 0 aliphatic carbocycles. The van der Waals surface area contributed by atoms with Crippen molar-refractivity contribution in [1.82, 2.24) is 4.31 Å². The van der Waals surface area contributed by atoms with Gasteiger partial charge < -0.3 is 5.73 Å². The third kappa shape index (κ3) is 3.28. The number of hydrogen-bond donors (Lipinski definition) is 1. The van der Waals surface area contributed by atoms with Crippen LogP contribution in [0.3, 0.4) is 0 Å². The first-order chi connectivity index (χ1) is 9.91. The second-order valence-electron chi connectivity index (χ2n) is 5.43. The predicted octanol–water partition coefficient (Wildman–Crippen LogP) is 2.22. The van der Waals surface area contributed by atoms with Gasteiger partial charge in [-0.05, 0) is 30.5 Å². The number of sulfonamides is 1. The zero-order valence-electron chi connectivity index (χ0n) is 12.9. The summed E-state index contributed by atoms with van der Waals surface area (Å²) in [6.07, 6.45) is 0.700. The molecule has 0 saturated carbocycles. The second kappa shape index (κ2) is 6.69. The first-order valence-electron chi connectivity index (χ1n) is 7.37. The smallest absolute Gasteiger partial charge is 0.243 e. The number of benzene rings is 1. The van der Waals surface area contributed by atoms with Gasteiger partial charge in [-0.1, -0.05) is 26.0 Å². The van der Waals surface area contributed by atoms with E-state index in [-0.39, 0.29) is 6.04 Å². The van der Waals surface area contributed by atoms with Gasteiger partial charge in [0.05, 0.1) is 4.90 Å². The lowest BCUT2D eigenvalue weighted by Gasteiger charge is -2.36. The van der Waals surface area contributed by atoms with E-state index >= 15 is 0 Å². The number of nitrogens with zero attached hydrogens (tertiary/aromatic N) is 1. The molecule has 1 fully saturated rings. The molecule has 21 heavy (non-hydrogen) atoms. The summed E-state index contributed by atoms with van der Waals surface area (Å²) in [6.45, 7) is 7.00. The van der Waals surface area contributed by atoms with Gasteiger partial charge in [0.15, 0.2) is 0 Å². The fraction of sp³-hybridized carbons (Fsp3) is 0.600. The van der Waals surface area contributed by atoms with Gasteiger partial charge in [-0.3, -0.25) is 0 Å². The van der Waals surface area contributed by atoms with Crippen LogP contribution in [0.4, 0.5) is 0 Å². The van der Waals surface area contributed by atoms with E-state index in [1.165, 1.54) is 0 Å². The van der Waals surface area contributed by atoms with Crippen LogP contribution in [-0.4, -0.2) is 36.3 Å². The van der Waals surface area contributed by atoms with E-state index < -0.39 is 10.0 Å². The largest absolute Gasteiger partial charge is 0.326 e. The molecule has 118 valence electrons. The standard InChI is InChI=1S/C15H24N2O2S2/c1-4-14-6-5-13(10-16)9-15(14)21(18,19)17-7-8-20-12(3)11(17)2/h5-6,9,11-12H,4,7-8,10,16H2,1-3H3. The quantitative estimate of drug-likeness (QED) is 0.920. The Hall–Kier alpha value is -0.560. The summed E-state index contributed by atoms with van der Waals surface area (Å²) in [5.74, 6) is 0.850. The molecule has 2 rings (SSSR count). The molecule has 0 bridgehead atoms. The Morgan fingerprint density at radius 2 is 2.10 bits per heavy atom. The van der Waals surface area contributed by atoms with Gasteiger partial charge in [-0.15, -0.1) is 0 Å². The average molecular weight is 329 g/mol. The van der Waals surface area contributed by atoms with Gasteiger partial charge in [0, 0.05) is 30.1 Å². The molecule has 1 heterocycles. The summed E-state index contributed by atoms with van der Waals surface area (Å²) in [7, 11) is -3.46. The molecule has 1 aromatic carbocycles. The first kappa shape index (κ1) is 16.8. The minimum atomic E-state index is -3.46. The van der Waals surface area contributed by atoms with Crippen molar-refractivity contribution < 1.29 is 8.42 Å². The molecule has 2 N–H and O–H groups in total. The summed E-state index contributed by atoms with van der Waals surface area (Å²) in [4.78, 5) is 0.430. The van der Waals surface area contributed by atoms with Crippen molar-refractivity contribution in [2.45, 2.75) is 49.9 Å². The van der Waals surface area contributed by atoms with Crippen molar-refractivity contribution in [3.63, 3.8) is 0 Å². The predicted molar refractivity (Wildman–Crippen MR) is 89.0 cm³/mol. The summed E-state index contributed by atoms with van der Waals surface area (Å²) in [5.41, 5.74) is 7.39. The van der Waals surface area contributed by atoms with Crippen LogP contribution < -0.4 is 5.73 Å². The van der Waals surface area contributed by atoms with Crippen molar-refractivity contribution in [1.29, 1.82) is 0 Å². The van der Waals surface area contributed by atoms with Crippen LogP contribution in [0.1, 0.15) is 31.9 Å². The molecule has 2 atom stereocenters. The minimum absolute atomic E-state index is 0.0139. The molecule has 0 radical (unpaired) electrons. The number of aryl methyl sites for hydroxylation is 1. The fourth-order valence-corrected chi connectivity index (χ4v) is 5.97. The zero-order valence-corrected chi connectivity index (χ0v) is 14.5. The minimum Gasteiger partial charge on any atom is -0.326 e. The molecular formula is C15H24N2O2S2. The second-order valence-corrected chi connectivity index (χ2v) is 8.78. The number of nitrogens with two attached hydrogens (primary N) is 1. The van der Waals surface area contributed by atoms with E-state index in [1.54, 1.807) is 10.4 Å². The maximum atomic E-state index is 13.1. The molecule has 1 aliphatic rings. The highest BCUT2D eigenvalue weighted by atomic mass is 32.2. The summed E-state index contributed by atoms with van der Waals surface area (Å²) < 4.78 is 27.8. The third-order valence-corrected chi connectivity index (χ3v) is 7.57. The summed E-state index contributed by atoms with van der Waals surface area (Å²) in [5, 5.41) is 0.316. The summed E-state index contributed by atoms with van der Waals surface area (Å²) >= 11 is 1.83. The molecule has 1 saturated heterocycles. The van der Waals surface area contributed by atoms with Crippen molar-refractivity contribution in [3.05, 3.63) is 29.3 Å². The topological polar surface area (TPSA) is 63.4 Å². The van der Waals surface area contributed by atoms with Crippen LogP contribution in [0.15, 0.2) is 23.1 Å². The van der Waals surface area contributed by atoms with Crippen molar-refractivity contribution >= 4 is 21.8 Å². The highest BCUT2D eigenvalue weighted by Crippen LogP contribution is 2.31. The van der Waals surface area contributed by atoms with Gasteiger partial charge in [0.25, 0.3) is 0 Å². The van der Waals surface area contributed by atoms with Crippen molar-refractivity contribution in [3.8, 4) is 0 Å². The van der Waals surface area contributed by atoms with E-state index in [4.69, 9.17) is 5.73 Å². The fourth-order valence-electron chi connectivity index (χ4n) is 2.63. The van der Waals surface area contributed by atoms with Gasteiger partial charge >= 0.3 is 0 Å². The van der Waals surface area contributed by atoms with Crippen LogP contribution in [0.25, 0.3) is 0 Å². The highest BCUT2D eigenvalue weighted by Gasteiger charge is 2.35. The molecule has 1 aromatic rings. The number of thioether (sulfide) groups is 1.